The van der Waals surface area contributed by atoms with Gasteiger partial charge in [-0.3, -0.25) is 4.79 Å². The Bertz CT molecular complexity index is 258. The maximum Gasteiger partial charge on any atom is 0.407 e. The third-order valence-corrected chi connectivity index (χ3v) is 1.85. The van der Waals surface area contributed by atoms with Crippen molar-refractivity contribution in [3.8, 4) is 0 Å². The third-order valence-electron chi connectivity index (χ3n) is 1.85. The van der Waals surface area contributed by atoms with Crippen molar-refractivity contribution in [2.24, 2.45) is 0 Å². The van der Waals surface area contributed by atoms with E-state index in [0.717, 1.165) is 0 Å². The summed E-state index contributed by atoms with van der Waals surface area (Å²) in [5.74, 6) is -0.245. The van der Waals surface area contributed by atoms with Crippen LogP contribution in [0.15, 0.2) is 0 Å². The lowest BCUT2D eigenvalue weighted by molar-refractivity contribution is -0.143. The number of esters is 1. The van der Waals surface area contributed by atoms with Crippen molar-refractivity contribution in [1.82, 2.24) is 5.32 Å². The first-order valence-electron chi connectivity index (χ1n) is 5.89. The fourth-order valence-corrected chi connectivity index (χ4v) is 1.15. The van der Waals surface area contributed by atoms with Crippen molar-refractivity contribution in [2.45, 2.75) is 59.1 Å². The Balaban J connectivity index is 3.82. The molecule has 0 aromatic rings. The lowest BCUT2D eigenvalue weighted by atomic mass is 10.2. The van der Waals surface area contributed by atoms with Gasteiger partial charge in [0.15, 0.2) is 0 Å². The highest BCUT2D eigenvalue weighted by molar-refractivity contribution is 5.70. The Morgan fingerprint density at radius 1 is 1.29 bits per heavy atom. The van der Waals surface area contributed by atoms with E-state index in [9.17, 15) is 9.59 Å². The summed E-state index contributed by atoms with van der Waals surface area (Å²) < 4.78 is 9.89. The Kier molecular flexibility index (Phi) is 6.61. The molecule has 100 valence electrons. The Morgan fingerprint density at radius 3 is 2.35 bits per heavy atom. The Morgan fingerprint density at radius 2 is 1.88 bits per heavy atom. The lowest BCUT2D eigenvalue weighted by Crippen LogP contribution is -2.37. The Labute approximate surface area is 103 Å². The van der Waals surface area contributed by atoms with E-state index in [1.54, 1.807) is 27.7 Å². The molecule has 5 nitrogen and oxygen atoms in total. The highest BCUT2D eigenvalue weighted by atomic mass is 16.6. The maximum absolute atomic E-state index is 11.4. The average Bonchev–Trinajstić information content (AvgIpc) is 2.12. The molecule has 1 N–H and O–H groups in total. The van der Waals surface area contributed by atoms with Gasteiger partial charge in [-0.1, -0.05) is 0 Å². The summed E-state index contributed by atoms with van der Waals surface area (Å²) in [7, 11) is 0. The summed E-state index contributed by atoms with van der Waals surface area (Å²) in [6.07, 6.45) is 0.372. The summed E-state index contributed by atoms with van der Waals surface area (Å²) in [5.41, 5.74) is -0.509. The van der Waals surface area contributed by atoms with Crippen LogP contribution in [-0.4, -0.2) is 30.3 Å². The zero-order chi connectivity index (χ0) is 13.5. The van der Waals surface area contributed by atoms with Crippen LogP contribution >= 0.6 is 0 Å². The first-order valence-corrected chi connectivity index (χ1v) is 5.89. The van der Waals surface area contributed by atoms with Gasteiger partial charge in [0.1, 0.15) is 5.60 Å². The van der Waals surface area contributed by atoms with E-state index in [1.165, 1.54) is 0 Å². The monoisotopic (exact) mass is 245 g/mol. The first-order chi connectivity index (χ1) is 7.74. The lowest BCUT2D eigenvalue weighted by Gasteiger charge is -2.21. The molecule has 5 heteroatoms. The zero-order valence-electron chi connectivity index (χ0n) is 11.3. The van der Waals surface area contributed by atoms with Crippen molar-refractivity contribution in [1.29, 1.82) is 0 Å². The fraction of sp³-hybridized carbons (Fsp3) is 0.833. The molecule has 0 bridgehead atoms. The molecule has 0 aliphatic rings. The normalized spacial score (nSPS) is 12.8. The van der Waals surface area contributed by atoms with E-state index < -0.39 is 11.7 Å². The van der Waals surface area contributed by atoms with Gasteiger partial charge in [-0.15, -0.1) is 0 Å². The predicted octanol–water partition coefficient (Wildman–Crippen LogP) is 2.24. The number of carbonyl (C=O) groups excluding carboxylic acids is 2. The molecule has 0 aliphatic carbocycles. The van der Waals surface area contributed by atoms with Gasteiger partial charge < -0.3 is 14.8 Å². The van der Waals surface area contributed by atoms with Crippen LogP contribution < -0.4 is 5.32 Å². The average molecular weight is 245 g/mol. The third kappa shape index (κ3) is 9.66. The van der Waals surface area contributed by atoms with Crippen molar-refractivity contribution in [3.63, 3.8) is 0 Å². The molecule has 0 radical (unpaired) electrons. The van der Waals surface area contributed by atoms with Gasteiger partial charge in [-0.2, -0.15) is 0 Å². The second-order valence-electron chi connectivity index (χ2n) is 4.89. The molecule has 0 aromatic carbocycles. The minimum Gasteiger partial charge on any atom is -0.466 e. The summed E-state index contributed by atoms with van der Waals surface area (Å²) in [5, 5.41) is 2.66. The van der Waals surface area contributed by atoms with Crippen LogP contribution in [0.1, 0.15) is 47.5 Å². The second-order valence-corrected chi connectivity index (χ2v) is 4.89. The fourth-order valence-electron chi connectivity index (χ4n) is 1.15. The van der Waals surface area contributed by atoms with Crippen LogP contribution in [0.4, 0.5) is 4.79 Å². The summed E-state index contributed by atoms with van der Waals surface area (Å²) in [4.78, 5) is 22.5. The van der Waals surface area contributed by atoms with Crippen LogP contribution in [0.25, 0.3) is 0 Å². The number of ether oxygens (including phenoxy) is 2. The van der Waals surface area contributed by atoms with Gasteiger partial charge in [0.2, 0.25) is 0 Å². The minimum absolute atomic E-state index is 0.116. The maximum atomic E-state index is 11.4. The molecule has 0 aliphatic heterocycles. The molecule has 17 heavy (non-hydrogen) atoms. The topological polar surface area (TPSA) is 64.6 Å². The molecule has 0 saturated carbocycles. The number of rotatable bonds is 5. The van der Waals surface area contributed by atoms with E-state index in [2.05, 4.69) is 5.32 Å². The summed E-state index contributed by atoms with van der Waals surface area (Å²) in [6.45, 7) is 9.37. The standard InChI is InChI=1S/C12H23NO4/c1-6-16-10(14)8-7-9(2)13-11(15)17-12(3,4)5/h9H,6-8H2,1-5H3,(H,13,15)/t9-/m1/s1. The largest absolute Gasteiger partial charge is 0.466 e. The quantitative estimate of drug-likeness (QED) is 0.754. The number of amides is 1. The van der Waals surface area contributed by atoms with Crippen molar-refractivity contribution in [3.05, 3.63) is 0 Å². The molecule has 1 amide bonds. The Hall–Kier alpha value is -1.26. The number of hydrogen-bond acceptors (Lipinski definition) is 4. The zero-order valence-corrected chi connectivity index (χ0v) is 11.3. The smallest absolute Gasteiger partial charge is 0.407 e. The molecular formula is C12H23NO4. The van der Waals surface area contributed by atoms with Gasteiger partial charge in [-0.05, 0) is 41.0 Å². The van der Waals surface area contributed by atoms with Gasteiger partial charge in [0.25, 0.3) is 0 Å². The molecule has 0 saturated heterocycles. The van der Waals surface area contributed by atoms with Crippen LogP contribution in [-0.2, 0) is 14.3 Å². The van der Waals surface area contributed by atoms with Gasteiger partial charge >= 0.3 is 12.1 Å². The summed E-state index contributed by atoms with van der Waals surface area (Å²) >= 11 is 0. The van der Waals surface area contributed by atoms with Crippen LogP contribution in [0.5, 0.6) is 0 Å². The minimum atomic E-state index is -0.509. The van der Waals surface area contributed by atoms with E-state index in [0.29, 0.717) is 19.4 Å². The van der Waals surface area contributed by atoms with Crippen LogP contribution in [0.3, 0.4) is 0 Å². The molecule has 1 atom stereocenters. The number of carbonyl (C=O) groups is 2. The van der Waals surface area contributed by atoms with E-state index in [-0.39, 0.29) is 12.0 Å². The highest BCUT2D eigenvalue weighted by Crippen LogP contribution is 2.07. The first kappa shape index (κ1) is 15.7. The molecule has 0 rings (SSSR count). The molecule has 0 heterocycles. The number of alkyl carbamates (subject to hydrolysis) is 1. The van der Waals surface area contributed by atoms with E-state index in [4.69, 9.17) is 9.47 Å². The van der Waals surface area contributed by atoms with E-state index >= 15 is 0 Å². The van der Waals surface area contributed by atoms with Crippen LogP contribution in [0, 0.1) is 0 Å². The second kappa shape index (κ2) is 7.14. The molecule has 0 spiro atoms. The molecule has 0 unspecified atom stereocenters. The molecule has 0 aromatic heterocycles. The van der Waals surface area contributed by atoms with E-state index in [1.807, 2.05) is 6.92 Å². The number of nitrogens with one attached hydrogen (secondary N) is 1. The SMILES string of the molecule is CCOC(=O)CC[C@@H](C)NC(=O)OC(C)(C)C. The van der Waals surface area contributed by atoms with Crippen molar-refractivity contribution in [2.75, 3.05) is 6.61 Å². The van der Waals surface area contributed by atoms with Crippen molar-refractivity contribution >= 4 is 12.1 Å². The summed E-state index contributed by atoms with van der Waals surface area (Å²) in [6, 6.07) is -0.116. The molecular weight excluding hydrogens is 222 g/mol. The number of hydrogen-bond donors (Lipinski definition) is 1. The van der Waals surface area contributed by atoms with Gasteiger partial charge in [0, 0.05) is 12.5 Å². The highest BCUT2D eigenvalue weighted by Gasteiger charge is 2.18. The van der Waals surface area contributed by atoms with Gasteiger partial charge in [-0.25, -0.2) is 4.79 Å². The van der Waals surface area contributed by atoms with Crippen LogP contribution in [0.2, 0.25) is 0 Å². The molecule has 0 fully saturated rings. The predicted molar refractivity (Wildman–Crippen MR) is 64.7 cm³/mol. The van der Waals surface area contributed by atoms with Gasteiger partial charge in [0.05, 0.1) is 6.61 Å². The van der Waals surface area contributed by atoms with Crippen molar-refractivity contribution < 1.29 is 19.1 Å².